The van der Waals surface area contributed by atoms with Crippen LogP contribution in [0, 0.1) is 5.82 Å². The van der Waals surface area contributed by atoms with Gasteiger partial charge in [0.25, 0.3) is 5.56 Å². The molecule has 21 heavy (non-hydrogen) atoms. The van der Waals surface area contributed by atoms with Crippen LogP contribution in [0.1, 0.15) is 16.8 Å². The van der Waals surface area contributed by atoms with Crippen LogP contribution in [-0.2, 0) is 24.2 Å². The van der Waals surface area contributed by atoms with E-state index in [2.05, 4.69) is 9.97 Å². The molecule has 0 atom stereocenters. The van der Waals surface area contributed by atoms with Crippen molar-refractivity contribution in [3.8, 4) is 0 Å². The first kappa shape index (κ1) is 13.5. The van der Waals surface area contributed by atoms with Gasteiger partial charge in [-0.05, 0) is 18.1 Å². The fourth-order valence-corrected chi connectivity index (χ4v) is 2.49. The van der Waals surface area contributed by atoms with E-state index >= 15 is 0 Å². The lowest BCUT2D eigenvalue weighted by molar-refractivity contribution is -0.131. The van der Waals surface area contributed by atoms with E-state index in [0.29, 0.717) is 36.3 Å². The number of hydrogen-bond acceptors (Lipinski definition) is 3. The molecule has 0 bridgehead atoms. The van der Waals surface area contributed by atoms with Crippen molar-refractivity contribution >= 4 is 5.91 Å². The van der Waals surface area contributed by atoms with Crippen LogP contribution in [0.5, 0.6) is 0 Å². The van der Waals surface area contributed by atoms with Gasteiger partial charge in [-0.1, -0.05) is 18.2 Å². The van der Waals surface area contributed by atoms with Gasteiger partial charge in [0, 0.05) is 12.1 Å². The van der Waals surface area contributed by atoms with Gasteiger partial charge >= 0.3 is 0 Å². The number of nitrogens with zero attached hydrogens (tertiary/aromatic N) is 2. The highest BCUT2D eigenvalue weighted by Gasteiger charge is 2.23. The first-order valence-corrected chi connectivity index (χ1v) is 6.72. The van der Waals surface area contributed by atoms with Crippen molar-refractivity contribution in [1.82, 2.24) is 14.9 Å². The zero-order valence-electron chi connectivity index (χ0n) is 11.3. The Kier molecular flexibility index (Phi) is 3.51. The molecule has 1 N–H and O–H groups in total. The highest BCUT2D eigenvalue weighted by molar-refractivity contribution is 5.79. The number of halogens is 1. The van der Waals surface area contributed by atoms with E-state index in [-0.39, 0.29) is 23.7 Å². The molecule has 0 saturated heterocycles. The van der Waals surface area contributed by atoms with Crippen molar-refractivity contribution in [2.45, 2.75) is 19.4 Å². The van der Waals surface area contributed by atoms with Gasteiger partial charge in [0.2, 0.25) is 5.91 Å². The highest BCUT2D eigenvalue weighted by atomic mass is 19.1. The van der Waals surface area contributed by atoms with E-state index in [4.69, 9.17) is 0 Å². The molecule has 2 heterocycles. The summed E-state index contributed by atoms with van der Waals surface area (Å²) in [4.78, 5) is 32.1. The largest absolute Gasteiger partial charge is 0.336 e. The van der Waals surface area contributed by atoms with Crippen LogP contribution in [0.25, 0.3) is 0 Å². The first-order chi connectivity index (χ1) is 10.1. The number of carbonyl (C=O) groups excluding carboxylic acids is 1. The summed E-state index contributed by atoms with van der Waals surface area (Å²) in [7, 11) is 0. The van der Waals surface area contributed by atoms with Gasteiger partial charge in [-0.15, -0.1) is 0 Å². The summed E-state index contributed by atoms with van der Waals surface area (Å²) in [5.74, 6) is -0.536. The van der Waals surface area contributed by atoms with Crippen LogP contribution in [0.4, 0.5) is 4.39 Å². The lowest BCUT2D eigenvalue weighted by Crippen LogP contribution is -2.39. The van der Waals surface area contributed by atoms with E-state index in [9.17, 15) is 14.0 Å². The Hall–Kier alpha value is -2.50. The van der Waals surface area contributed by atoms with E-state index in [1.165, 1.54) is 12.4 Å². The average Bonchev–Trinajstić information content (AvgIpc) is 2.49. The molecule has 3 rings (SSSR count). The molecular weight excluding hydrogens is 273 g/mol. The monoisotopic (exact) mass is 287 g/mol. The molecule has 0 unspecified atom stereocenters. The number of rotatable bonds is 2. The average molecular weight is 287 g/mol. The number of fused-ring (bicyclic) bond motifs is 1. The van der Waals surface area contributed by atoms with Gasteiger partial charge in [-0.25, -0.2) is 9.37 Å². The summed E-state index contributed by atoms with van der Waals surface area (Å²) >= 11 is 0. The summed E-state index contributed by atoms with van der Waals surface area (Å²) in [6.07, 6.45) is 1.83. The lowest BCUT2D eigenvalue weighted by Gasteiger charge is -2.27. The number of H-pyrrole nitrogens is 1. The van der Waals surface area contributed by atoms with E-state index in [1.807, 2.05) is 0 Å². The highest BCUT2D eigenvalue weighted by Crippen LogP contribution is 2.15. The molecule has 0 spiro atoms. The van der Waals surface area contributed by atoms with Crippen molar-refractivity contribution in [2.24, 2.45) is 0 Å². The van der Waals surface area contributed by atoms with Gasteiger partial charge in [0.15, 0.2) is 0 Å². The Morgan fingerprint density at radius 1 is 1.38 bits per heavy atom. The molecule has 5 nitrogen and oxygen atoms in total. The number of carbonyl (C=O) groups is 1. The van der Waals surface area contributed by atoms with Crippen LogP contribution >= 0.6 is 0 Å². The summed E-state index contributed by atoms with van der Waals surface area (Å²) in [5.41, 5.74) is 1.48. The summed E-state index contributed by atoms with van der Waals surface area (Å²) < 4.78 is 13.6. The Labute approximate surface area is 120 Å². The van der Waals surface area contributed by atoms with Gasteiger partial charge in [0.05, 0.1) is 25.0 Å². The maximum Gasteiger partial charge on any atom is 0.254 e. The zero-order chi connectivity index (χ0) is 14.8. The summed E-state index contributed by atoms with van der Waals surface area (Å²) in [5, 5.41) is 0. The smallest absolute Gasteiger partial charge is 0.254 e. The Morgan fingerprint density at radius 3 is 3.00 bits per heavy atom. The number of amides is 1. The molecular formula is C15H14FN3O2. The Bertz CT molecular complexity index is 742. The number of nitrogens with one attached hydrogen (secondary N) is 1. The van der Waals surface area contributed by atoms with Crippen LogP contribution in [-0.4, -0.2) is 27.3 Å². The summed E-state index contributed by atoms with van der Waals surface area (Å²) in [6, 6.07) is 6.25. The van der Waals surface area contributed by atoms with Crippen molar-refractivity contribution in [3.05, 3.63) is 63.6 Å². The van der Waals surface area contributed by atoms with Crippen LogP contribution in [0.3, 0.4) is 0 Å². The topological polar surface area (TPSA) is 66.1 Å². The second-order valence-corrected chi connectivity index (χ2v) is 4.99. The first-order valence-electron chi connectivity index (χ1n) is 6.72. The van der Waals surface area contributed by atoms with Gasteiger partial charge < -0.3 is 9.88 Å². The van der Waals surface area contributed by atoms with Crippen molar-refractivity contribution in [2.75, 3.05) is 6.54 Å². The predicted octanol–water partition coefficient (Wildman–Crippen LogP) is 1.04. The number of hydrogen-bond donors (Lipinski definition) is 1. The van der Waals surface area contributed by atoms with Crippen LogP contribution in [0.15, 0.2) is 35.4 Å². The minimum Gasteiger partial charge on any atom is -0.336 e. The SMILES string of the molecule is O=C(Cc1ccccc1F)N1CCc2c(nc[nH]c2=O)C1. The standard InChI is InChI=1S/C15H14FN3O2/c16-12-4-2-1-3-10(12)7-14(20)19-6-5-11-13(8-19)17-9-18-15(11)21/h1-4,9H,5-8H2,(H,17,18,21). The fourth-order valence-electron chi connectivity index (χ4n) is 2.49. The van der Waals surface area contributed by atoms with Crippen molar-refractivity contribution in [3.63, 3.8) is 0 Å². The quantitative estimate of drug-likeness (QED) is 0.897. The molecule has 1 aromatic heterocycles. The summed E-state index contributed by atoms with van der Waals surface area (Å²) in [6.45, 7) is 0.752. The normalized spacial score (nSPS) is 13.9. The van der Waals surface area contributed by atoms with Crippen LogP contribution < -0.4 is 5.56 Å². The third kappa shape index (κ3) is 2.69. The van der Waals surface area contributed by atoms with Crippen LogP contribution in [0.2, 0.25) is 0 Å². The molecule has 1 aromatic carbocycles. The number of aromatic nitrogens is 2. The molecule has 1 amide bonds. The molecule has 0 fully saturated rings. The minimum atomic E-state index is -0.377. The Balaban J connectivity index is 1.76. The molecule has 1 aliphatic heterocycles. The third-order valence-electron chi connectivity index (χ3n) is 3.66. The number of aromatic amines is 1. The van der Waals surface area contributed by atoms with Gasteiger partial charge in [-0.2, -0.15) is 0 Å². The third-order valence-corrected chi connectivity index (χ3v) is 3.66. The minimum absolute atomic E-state index is 0.0190. The molecule has 6 heteroatoms. The van der Waals surface area contributed by atoms with E-state index < -0.39 is 0 Å². The molecule has 0 saturated carbocycles. The molecule has 0 aliphatic carbocycles. The molecule has 108 valence electrons. The Morgan fingerprint density at radius 2 is 2.19 bits per heavy atom. The maximum absolute atomic E-state index is 13.6. The fraction of sp³-hybridized carbons (Fsp3) is 0.267. The maximum atomic E-state index is 13.6. The van der Waals surface area contributed by atoms with Gasteiger partial charge in [-0.3, -0.25) is 9.59 Å². The second-order valence-electron chi connectivity index (χ2n) is 4.99. The predicted molar refractivity (Wildman–Crippen MR) is 74.1 cm³/mol. The van der Waals surface area contributed by atoms with Crippen molar-refractivity contribution < 1.29 is 9.18 Å². The molecule has 1 aliphatic rings. The van der Waals surface area contributed by atoms with E-state index in [0.717, 1.165) is 0 Å². The second kappa shape index (κ2) is 5.47. The molecule has 2 aromatic rings. The van der Waals surface area contributed by atoms with Gasteiger partial charge in [0.1, 0.15) is 5.82 Å². The zero-order valence-corrected chi connectivity index (χ0v) is 11.3. The molecule has 0 radical (unpaired) electrons. The van der Waals surface area contributed by atoms with Crippen molar-refractivity contribution in [1.29, 1.82) is 0 Å². The van der Waals surface area contributed by atoms with E-state index in [1.54, 1.807) is 23.1 Å². The lowest BCUT2D eigenvalue weighted by atomic mass is 10.1. The number of benzene rings is 1.